The van der Waals surface area contributed by atoms with Crippen molar-refractivity contribution < 1.29 is 13.2 Å². The lowest BCUT2D eigenvalue weighted by atomic mass is 9.93. The largest absolute Gasteiger partial charge is 0.328 e. The summed E-state index contributed by atoms with van der Waals surface area (Å²) in [5.74, 6) is 0.134. The molecule has 0 radical (unpaired) electrons. The van der Waals surface area contributed by atoms with E-state index >= 15 is 0 Å². The SMILES string of the molecule is CC(=O)N1CCc2ccc(S(=O)(=O)N3CCC[C@@H]([C@@H](C)N)C3)cc21. The minimum Gasteiger partial charge on any atom is -0.328 e. The molecule has 1 aromatic rings. The molecule has 24 heavy (non-hydrogen) atoms. The van der Waals surface area contributed by atoms with Crippen molar-refractivity contribution in [1.82, 2.24) is 4.31 Å². The van der Waals surface area contributed by atoms with E-state index in [1.807, 2.05) is 13.0 Å². The molecule has 2 aliphatic rings. The Morgan fingerprint density at radius 1 is 1.33 bits per heavy atom. The maximum atomic E-state index is 13.0. The molecule has 132 valence electrons. The van der Waals surface area contributed by atoms with E-state index in [2.05, 4.69) is 0 Å². The summed E-state index contributed by atoms with van der Waals surface area (Å²) in [6.45, 7) is 5.05. The van der Waals surface area contributed by atoms with Gasteiger partial charge in [0.15, 0.2) is 0 Å². The van der Waals surface area contributed by atoms with Gasteiger partial charge < -0.3 is 10.6 Å². The molecule has 0 aromatic heterocycles. The summed E-state index contributed by atoms with van der Waals surface area (Å²) in [5.41, 5.74) is 7.72. The van der Waals surface area contributed by atoms with Gasteiger partial charge in [-0.05, 0) is 49.8 Å². The molecule has 3 rings (SSSR count). The lowest BCUT2D eigenvalue weighted by Gasteiger charge is -2.33. The van der Waals surface area contributed by atoms with Gasteiger partial charge in [0, 0.05) is 38.3 Å². The molecule has 0 spiro atoms. The molecule has 2 atom stereocenters. The lowest BCUT2D eigenvalue weighted by molar-refractivity contribution is -0.116. The summed E-state index contributed by atoms with van der Waals surface area (Å²) in [4.78, 5) is 13.7. The number of hydrogen-bond acceptors (Lipinski definition) is 4. The number of rotatable bonds is 3. The van der Waals surface area contributed by atoms with Crippen LogP contribution in [0, 0.1) is 5.92 Å². The highest BCUT2D eigenvalue weighted by atomic mass is 32.2. The van der Waals surface area contributed by atoms with Gasteiger partial charge in [0.1, 0.15) is 0 Å². The maximum absolute atomic E-state index is 13.0. The van der Waals surface area contributed by atoms with Gasteiger partial charge >= 0.3 is 0 Å². The number of anilines is 1. The molecule has 0 bridgehead atoms. The number of benzene rings is 1. The second-order valence-electron chi connectivity index (χ2n) is 6.84. The molecule has 2 heterocycles. The number of nitrogens with two attached hydrogens (primary N) is 1. The van der Waals surface area contributed by atoms with E-state index in [4.69, 9.17) is 5.73 Å². The van der Waals surface area contributed by atoms with Crippen LogP contribution in [0.4, 0.5) is 5.69 Å². The van der Waals surface area contributed by atoms with Crippen LogP contribution in [0.1, 0.15) is 32.3 Å². The van der Waals surface area contributed by atoms with Crippen LogP contribution in [0.2, 0.25) is 0 Å². The number of fused-ring (bicyclic) bond motifs is 1. The minimum atomic E-state index is -3.56. The summed E-state index contributed by atoms with van der Waals surface area (Å²) < 4.78 is 27.6. The van der Waals surface area contributed by atoms with Crippen LogP contribution >= 0.6 is 0 Å². The van der Waals surface area contributed by atoms with Gasteiger partial charge in [-0.15, -0.1) is 0 Å². The molecule has 2 N–H and O–H groups in total. The third-order valence-electron chi connectivity index (χ3n) is 5.13. The van der Waals surface area contributed by atoms with Crippen molar-refractivity contribution >= 4 is 21.6 Å². The molecular formula is C17H25N3O3S. The number of hydrogen-bond donors (Lipinski definition) is 1. The van der Waals surface area contributed by atoms with Crippen molar-refractivity contribution in [3.63, 3.8) is 0 Å². The van der Waals surface area contributed by atoms with Gasteiger partial charge in [0.2, 0.25) is 15.9 Å². The van der Waals surface area contributed by atoms with Crippen molar-refractivity contribution in [2.75, 3.05) is 24.5 Å². The molecular weight excluding hydrogens is 326 g/mol. The van der Waals surface area contributed by atoms with Crippen LogP contribution in [0.5, 0.6) is 0 Å². The van der Waals surface area contributed by atoms with Crippen LogP contribution < -0.4 is 10.6 Å². The predicted octanol–water partition coefficient (Wildman–Crippen LogP) is 1.34. The van der Waals surface area contributed by atoms with E-state index in [1.54, 1.807) is 21.3 Å². The van der Waals surface area contributed by atoms with Crippen molar-refractivity contribution in [2.24, 2.45) is 11.7 Å². The Bertz CT molecular complexity index is 745. The first-order chi connectivity index (χ1) is 11.3. The predicted molar refractivity (Wildman–Crippen MR) is 93.3 cm³/mol. The molecule has 6 nitrogen and oxygen atoms in total. The number of nitrogens with zero attached hydrogens (tertiary/aromatic N) is 2. The van der Waals surface area contributed by atoms with Gasteiger partial charge in [0.25, 0.3) is 0 Å². The average molecular weight is 351 g/mol. The third kappa shape index (κ3) is 3.08. The number of sulfonamides is 1. The fraction of sp³-hybridized carbons (Fsp3) is 0.588. The monoisotopic (exact) mass is 351 g/mol. The molecule has 1 amide bonds. The van der Waals surface area contributed by atoms with Crippen molar-refractivity contribution in [3.05, 3.63) is 23.8 Å². The number of amides is 1. The second-order valence-corrected chi connectivity index (χ2v) is 8.77. The zero-order chi connectivity index (χ0) is 17.5. The number of carbonyl (C=O) groups excluding carboxylic acids is 1. The van der Waals surface area contributed by atoms with E-state index in [0.717, 1.165) is 30.5 Å². The fourth-order valence-corrected chi connectivity index (χ4v) is 5.17. The van der Waals surface area contributed by atoms with Gasteiger partial charge in [-0.1, -0.05) is 6.07 Å². The van der Waals surface area contributed by atoms with Crippen LogP contribution in [0.25, 0.3) is 0 Å². The van der Waals surface area contributed by atoms with Crippen LogP contribution in [0.15, 0.2) is 23.1 Å². The van der Waals surface area contributed by atoms with Crippen molar-refractivity contribution in [2.45, 2.75) is 44.0 Å². The average Bonchev–Trinajstić information content (AvgIpc) is 2.98. The number of carbonyl (C=O) groups is 1. The zero-order valence-corrected chi connectivity index (χ0v) is 15.1. The molecule has 7 heteroatoms. The summed E-state index contributed by atoms with van der Waals surface area (Å²) in [6.07, 6.45) is 2.56. The van der Waals surface area contributed by atoms with Gasteiger partial charge in [0.05, 0.1) is 4.90 Å². The van der Waals surface area contributed by atoms with Gasteiger partial charge in [-0.2, -0.15) is 4.31 Å². The molecule has 1 aromatic carbocycles. The molecule has 0 unspecified atom stereocenters. The Morgan fingerprint density at radius 2 is 2.08 bits per heavy atom. The van der Waals surface area contributed by atoms with E-state index < -0.39 is 10.0 Å². The Hall–Kier alpha value is -1.44. The molecule has 1 fully saturated rings. The molecule has 1 saturated heterocycles. The van der Waals surface area contributed by atoms with Crippen LogP contribution in [-0.2, 0) is 21.2 Å². The lowest BCUT2D eigenvalue weighted by Crippen LogP contribution is -2.44. The highest BCUT2D eigenvalue weighted by Crippen LogP contribution is 2.32. The smallest absolute Gasteiger partial charge is 0.243 e. The summed E-state index contributed by atoms with van der Waals surface area (Å²) >= 11 is 0. The standard InChI is InChI=1S/C17H25N3O3S/c1-12(18)15-4-3-8-19(11-15)24(22,23)16-6-5-14-7-9-20(13(2)21)17(14)10-16/h5-6,10,12,15H,3-4,7-9,11,18H2,1-2H3/t12-,15-/m1/s1. The van der Waals surface area contributed by atoms with Crippen LogP contribution in [-0.4, -0.2) is 44.3 Å². The van der Waals surface area contributed by atoms with E-state index in [9.17, 15) is 13.2 Å². The third-order valence-corrected chi connectivity index (χ3v) is 7.00. The highest BCUT2D eigenvalue weighted by Gasteiger charge is 2.33. The summed E-state index contributed by atoms with van der Waals surface area (Å²) in [5, 5.41) is 0. The first kappa shape index (κ1) is 17.4. The zero-order valence-electron chi connectivity index (χ0n) is 14.2. The van der Waals surface area contributed by atoms with Crippen molar-refractivity contribution in [3.8, 4) is 0 Å². The summed E-state index contributed by atoms with van der Waals surface area (Å²) in [7, 11) is -3.56. The maximum Gasteiger partial charge on any atom is 0.243 e. The molecule has 0 aliphatic carbocycles. The normalized spacial score (nSPS) is 23.1. The Morgan fingerprint density at radius 3 is 2.75 bits per heavy atom. The van der Waals surface area contributed by atoms with E-state index in [-0.39, 0.29) is 22.8 Å². The molecule has 2 aliphatic heterocycles. The molecule has 0 saturated carbocycles. The topological polar surface area (TPSA) is 83.7 Å². The highest BCUT2D eigenvalue weighted by molar-refractivity contribution is 7.89. The number of piperidine rings is 1. The second kappa shape index (κ2) is 6.46. The first-order valence-corrected chi connectivity index (χ1v) is 9.91. The Balaban J connectivity index is 1.91. The van der Waals surface area contributed by atoms with E-state index in [1.165, 1.54) is 6.92 Å². The van der Waals surface area contributed by atoms with Crippen LogP contribution in [0.3, 0.4) is 0 Å². The first-order valence-electron chi connectivity index (χ1n) is 8.47. The summed E-state index contributed by atoms with van der Waals surface area (Å²) in [6, 6.07) is 5.12. The van der Waals surface area contributed by atoms with Crippen molar-refractivity contribution in [1.29, 1.82) is 0 Å². The quantitative estimate of drug-likeness (QED) is 0.891. The Labute approximate surface area is 143 Å². The fourth-order valence-electron chi connectivity index (χ4n) is 3.62. The van der Waals surface area contributed by atoms with E-state index in [0.29, 0.717) is 19.6 Å². The Kier molecular flexibility index (Phi) is 4.68. The minimum absolute atomic E-state index is 0.0174. The van der Waals surface area contributed by atoms with Gasteiger partial charge in [-0.25, -0.2) is 8.42 Å². The van der Waals surface area contributed by atoms with Gasteiger partial charge in [-0.3, -0.25) is 4.79 Å².